The first-order valence-corrected chi connectivity index (χ1v) is 7.75. The highest BCUT2D eigenvalue weighted by Gasteiger charge is 2.30. The number of nitrogens with one attached hydrogen (secondary N) is 2. The summed E-state index contributed by atoms with van der Waals surface area (Å²) in [7, 11) is -3.46. The molecule has 0 aliphatic carbocycles. The zero-order chi connectivity index (χ0) is 15.1. The normalized spacial score (nSPS) is 12.9. The number of carbonyl (C=O) groups is 2. The Hall–Kier alpha value is -1.31. The first-order chi connectivity index (χ1) is 8.73. The Morgan fingerprint density at radius 2 is 1.63 bits per heavy atom. The fourth-order valence-electron chi connectivity index (χ4n) is 1.23. The van der Waals surface area contributed by atoms with E-state index in [0.29, 0.717) is 0 Å². The number of amides is 2. The molecule has 0 radical (unpaired) electrons. The summed E-state index contributed by atoms with van der Waals surface area (Å²) in [5.41, 5.74) is 0. The smallest absolute Gasteiger partial charge is 0.407 e. The zero-order valence-electron chi connectivity index (χ0n) is 11.7. The molecule has 0 bridgehead atoms. The van der Waals surface area contributed by atoms with Gasteiger partial charge in [-0.1, -0.05) is 0 Å². The van der Waals surface area contributed by atoms with Crippen LogP contribution in [0.1, 0.15) is 27.7 Å². The molecule has 0 aliphatic rings. The number of alkyl carbamates (subject to hydrolysis) is 1. The number of rotatable bonds is 7. The molecule has 0 rings (SSSR count). The molecule has 0 aromatic heterocycles. The van der Waals surface area contributed by atoms with Crippen LogP contribution in [0.4, 0.5) is 4.79 Å². The van der Waals surface area contributed by atoms with Crippen molar-refractivity contribution in [3.63, 3.8) is 0 Å². The largest absolute Gasteiger partial charge is 0.450 e. The van der Waals surface area contributed by atoms with Crippen molar-refractivity contribution in [3.8, 4) is 0 Å². The summed E-state index contributed by atoms with van der Waals surface area (Å²) in [5, 5.41) is 3.16. The number of hydrogen-bond acceptors (Lipinski definition) is 5. The van der Waals surface area contributed by atoms with Crippen LogP contribution in [-0.4, -0.2) is 50.6 Å². The van der Waals surface area contributed by atoms with E-state index in [-0.39, 0.29) is 19.7 Å². The molecule has 0 saturated heterocycles. The lowest BCUT2D eigenvalue weighted by Crippen LogP contribution is -2.43. The van der Waals surface area contributed by atoms with Gasteiger partial charge in [0.25, 0.3) is 0 Å². The average Bonchev–Trinajstić information content (AvgIpc) is 2.33. The Balaban J connectivity index is 4.10. The molecule has 0 aromatic carbocycles. The summed E-state index contributed by atoms with van der Waals surface area (Å²) >= 11 is 0. The Morgan fingerprint density at radius 1 is 1.11 bits per heavy atom. The third-order valence-corrected chi connectivity index (χ3v) is 5.00. The van der Waals surface area contributed by atoms with Gasteiger partial charge in [-0.3, -0.25) is 4.79 Å². The molecule has 19 heavy (non-hydrogen) atoms. The van der Waals surface area contributed by atoms with Gasteiger partial charge in [0.15, 0.2) is 9.84 Å². The van der Waals surface area contributed by atoms with Crippen molar-refractivity contribution in [1.82, 2.24) is 10.6 Å². The standard InChI is InChI=1S/C11H22N2O5S/c1-5-18-11(15)13-7-6-12-10(14)9(4)19(16,17)8(2)3/h8-9H,5-7H2,1-4H3,(H,12,14)(H,13,15)/t9-/m1/s1. The Morgan fingerprint density at radius 3 is 2.11 bits per heavy atom. The van der Waals surface area contributed by atoms with Gasteiger partial charge >= 0.3 is 6.09 Å². The fraction of sp³-hybridized carbons (Fsp3) is 0.818. The predicted octanol–water partition coefficient (Wildman–Crippen LogP) is 0.0604. The van der Waals surface area contributed by atoms with Gasteiger partial charge in [-0.2, -0.15) is 0 Å². The number of ether oxygens (including phenoxy) is 1. The van der Waals surface area contributed by atoms with Gasteiger partial charge in [-0.05, 0) is 27.7 Å². The summed E-state index contributed by atoms with van der Waals surface area (Å²) < 4.78 is 28.1. The van der Waals surface area contributed by atoms with Gasteiger partial charge in [0.2, 0.25) is 5.91 Å². The van der Waals surface area contributed by atoms with Gasteiger partial charge in [-0.15, -0.1) is 0 Å². The van der Waals surface area contributed by atoms with Crippen LogP contribution in [0.2, 0.25) is 0 Å². The minimum absolute atomic E-state index is 0.148. The molecule has 112 valence electrons. The number of sulfone groups is 1. The van der Waals surface area contributed by atoms with Crippen molar-refractivity contribution in [3.05, 3.63) is 0 Å². The molecule has 0 saturated carbocycles. The molecular formula is C11H22N2O5S. The molecular weight excluding hydrogens is 272 g/mol. The molecule has 0 unspecified atom stereocenters. The van der Waals surface area contributed by atoms with E-state index in [2.05, 4.69) is 15.4 Å². The van der Waals surface area contributed by atoms with Crippen molar-refractivity contribution in [2.75, 3.05) is 19.7 Å². The van der Waals surface area contributed by atoms with E-state index in [0.717, 1.165) is 0 Å². The highest BCUT2D eigenvalue weighted by molar-refractivity contribution is 7.93. The maximum Gasteiger partial charge on any atom is 0.407 e. The van der Waals surface area contributed by atoms with Crippen LogP contribution >= 0.6 is 0 Å². The molecule has 2 N–H and O–H groups in total. The molecule has 0 spiro atoms. The summed E-state index contributed by atoms with van der Waals surface area (Å²) in [6, 6.07) is 0. The monoisotopic (exact) mass is 294 g/mol. The molecule has 0 aromatic rings. The average molecular weight is 294 g/mol. The summed E-state index contributed by atoms with van der Waals surface area (Å²) in [5.74, 6) is -0.570. The van der Waals surface area contributed by atoms with E-state index in [4.69, 9.17) is 0 Å². The maximum absolute atomic E-state index is 11.7. The van der Waals surface area contributed by atoms with Crippen LogP contribution < -0.4 is 10.6 Å². The number of hydrogen-bond donors (Lipinski definition) is 2. The van der Waals surface area contributed by atoms with Crippen LogP contribution in [0, 0.1) is 0 Å². The van der Waals surface area contributed by atoms with Crippen LogP contribution in [0.25, 0.3) is 0 Å². The van der Waals surface area contributed by atoms with E-state index in [1.54, 1.807) is 6.92 Å². The zero-order valence-corrected chi connectivity index (χ0v) is 12.5. The topological polar surface area (TPSA) is 102 Å². The van der Waals surface area contributed by atoms with Gasteiger partial charge in [-0.25, -0.2) is 13.2 Å². The lowest BCUT2D eigenvalue weighted by molar-refractivity contribution is -0.120. The van der Waals surface area contributed by atoms with Crippen molar-refractivity contribution < 1.29 is 22.7 Å². The second kappa shape index (κ2) is 7.98. The maximum atomic E-state index is 11.7. The van der Waals surface area contributed by atoms with E-state index < -0.39 is 32.3 Å². The Kier molecular flexibility index (Phi) is 7.43. The van der Waals surface area contributed by atoms with Crippen LogP contribution in [0.5, 0.6) is 0 Å². The minimum atomic E-state index is -3.46. The van der Waals surface area contributed by atoms with Crippen LogP contribution in [0.15, 0.2) is 0 Å². The second-order valence-electron chi connectivity index (χ2n) is 4.22. The molecule has 8 heteroatoms. The van der Waals surface area contributed by atoms with E-state index in [9.17, 15) is 18.0 Å². The molecule has 0 heterocycles. The van der Waals surface area contributed by atoms with Gasteiger partial charge in [0.05, 0.1) is 11.9 Å². The Bertz CT molecular complexity index is 405. The highest BCUT2D eigenvalue weighted by Crippen LogP contribution is 2.08. The third-order valence-electron chi connectivity index (χ3n) is 2.49. The first kappa shape index (κ1) is 17.7. The van der Waals surface area contributed by atoms with E-state index in [1.807, 2.05) is 0 Å². The van der Waals surface area contributed by atoms with Crippen LogP contribution in [-0.2, 0) is 19.4 Å². The van der Waals surface area contributed by atoms with Crippen LogP contribution in [0.3, 0.4) is 0 Å². The van der Waals surface area contributed by atoms with Crippen molar-refractivity contribution in [2.45, 2.75) is 38.2 Å². The lowest BCUT2D eigenvalue weighted by Gasteiger charge is -2.15. The minimum Gasteiger partial charge on any atom is -0.450 e. The number of carbonyl (C=O) groups excluding carboxylic acids is 2. The molecule has 0 fully saturated rings. The summed E-state index contributed by atoms with van der Waals surface area (Å²) in [4.78, 5) is 22.6. The molecule has 0 aliphatic heterocycles. The van der Waals surface area contributed by atoms with Gasteiger partial charge in [0, 0.05) is 13.1 Å². The highest BCUT2D eigenvalue weighted by atomic mass is 32.2. The van der Waals surface area contributed by atoms with Gasteiger partial charge in [0.1, 0.15) is 5.25 Å². The second-order valence-corrected chi connectivity index (χ2v) is 7.05. The first-order valence-electron chi connectivity index (χ1n) is 6.14. The molecule has 7 nitrogen and oxygen atoms in total. The summed E-state index contributed by atoms with van der Waals surface area (Å²) in [6.45, 7) is 6.68. The van der Waals surface area contributed by atoms with Gasteiger partial charge < -0.3 is 15.4 Å². The van der Waals surface area contributed by atoms with Crippen molar-refractivity contribution in [1.29, 1.82) is 0 Å². The molecule has 1 atom stereocenters. The Labute approximate surface area is 114 Å². The van der Waals surface area contributed by atoms with E-state index >= 15 is 0 Å². The lowest BCUT2D eigenvalue weighted by atomic mass is 10.4. The predicted molar refractivity (Wildman–Crippen MR) is 71.6 cm³/mol. The quantitative estimate of drug-likeness (QED) is 0.647. The summed E-state index contributed by atoms with van der Waals surface area (Å²) in [6.07, 6.45) is -0.570. The van der Waals surface area contributed by atoms with Crippen molar-refractivity contribution >= 4 is 21.8 Å². The molecule has 2 amide bonds. The SMILES string of the molecule is CCOC(=O)NCCNC(=O)[C@@H](C)S(=O)(=O)C(C)C. The third kappa shape index (κ3) is 5.91. The fourth-order valence-corrected chi connectivity index (χ4v) is 2.43. The van der Waals surface area contributed by atoms with Crippen molar-refractivity contribution in [2.24, 2.45) is 0 Å². The van der Waals surface area contributed by atoms with E-state index in [1.165, 1.54) is 20.8 Å².